The van der Waals surface area contributed by atoms with Crippen LogP contribution in [-0.4, -0.2) is 38.1 Å². The number of hydrogen-bond donors (Lipinski definition) is 1. The van der Waals surface area contributed by atoms with E-state index in [1.165, 1.54) is 11.3 Å². The van der Waals surface area contributed by atoms with Crippen LogP contribution < -0.4 is 4.74 Å². The van der Waals surface area contributed by atoms with E-state index >= 15 is 0 Å². The van der Waals surface area contributed by atoms with Gasteiger partial charge in [0, 0.05) is 11.1 Å². The van der Waals surface area contributed by atoms with Crippen LogP contribution >= 0.6 is 11.3 Å². The molecule has 1 N–H and O–H groups in total. The van der Waals surface area contributed by atoms with E-state index in [1.807, 2.05) is 20.8 Å². The van der Waals surface area contributed by atoms with E-state index in [0.717, 1.165) is 11.1 Å². The lowest BCUT2D eigenvalue weighted by atomic mass is 9.95. The zero-order valence-corrected chi connectivity index (χ0v) is 13.7. The Balaban J connectivity index is 2.78. The smallest absolute Gasteiger partial charge is 0.349 e. The molecule has 0 aromatic carbocycles. The number of carboxylic acids is 1. The monoisotopic (exact) mass is 320 g/mol. The van der Waals surface area contributed by atoms with Gasteiger partial charge < -0.3 is 9.84 Å². The van der Waals surface area contributed by atoms with Gasteiger partial charge in [-0.25, -0.2) is 13.2 Å². The Hall–Kier alpha value is -1.08. The molecule has 1 aromatic heterocycles. The summed E-state index contributed by atoms with van der Waals surface area (Å²) in [5, 5.41) is 9.17. The van der Waals surface area contributed by atoms with Crippen molar-refractivity contribution in [3.05, 3.63) is 15.8 Å². The average Bonchev–Trinajstić information content (AvgIpc) is 2.66. The number of thiophene rings is 1. The van der Waals surface area contributed by atoms with Gasteiger partial charge in [-0.15, -0.1) is 11.3 Å². The molecule has 7 heteroatoms. The molecule has 1 aromatic rings. The molecule has 0 amide bonds. The lowest BCUT2D eigenvalue weighted by Gasteiger charge is -2.14. The zero-order valence-electron chi connectivity index (χ0n) is 12.1. The highest BCUT2D eigenvalue weighted by Gasteiger charge is 2.23. The fourth-order valence-electron chi connectivity index (χ4n) is 1.50. The molecule has 0 fully saturated rings. The Morgan fingerprint density at radius 3 is 2.45 bits per heavy atom. The first-order valence-electron chi connectivity index (χ1n) is 6.19. The molecule has 20 heavy (non-hydrogen) atoms. The Morgan fingerprint density at radius 1 is 1.40 bits per heavy atom. The SMILES string of the molecule is CC(C)(C)c1cc(OCCCS(C)(=O)=O)c(C(=O)O)s1. The van der Waals surface area contributed by atoms with Crippen LogP contribution in [0.15, 0.2) is 6.07 Å². The summed E-state index contributed by atoms with van der Waals surface area (Å²) in [5.74, 6) is -0.671. The molecule has 0 atom stereocenters. The van der Waals surface area contributed by atoms with Gasteiger partial charge in [-0.2, -0.15) is 0 Å². The van der Waals surface area contributed by atoms with E-state index < -0.39 is 15.8 Å². The molecular formula is C13H20O5S2. The molecule has 114 valence electrons. The molecular weight excluding hydrogens is 300 g/mol. The van der Waals surface area contributed by atoms with E-state index in [-0.39, 0.29) is 22.7 Å². The van der Waals surface area contributed by atoms with Gasteiger partial charge in [0.15, 0.2) is 4.88 Å². The zero-order chi connectivity index (χ0) is 15.6. The van der Waals surface area contributed by atoms with Crippen LogP contribution in [0.3, 0.4) is 0 Å². The minimum Gasteiger partial charge on any atom is -0.492 e. The van der Waals surface area contributed by atoms with Gasteiger partial charge in [0.2, 0.25) is 0 Å². The quantitative estimate of drug-likeness (QED) is 0.815. The molecule has 1 heterocycles. The van der Waals surface area contributed by atoms with Gasteiger partial charge in [0.05, 0.1) is 12.4 Å². The highest BCUT2D eigenvalue weighted by Crippen LogP contribution is 2.36. The van der Waals surface area contributed by atoms with Gasteiger partial charge in [-0.1, -0.05) is 20.8 Å². The van der Waals surface area contributed by atoms with E-state index in [4.69, 9.17) is 9.84 Å². The van der Waals surface area contributed by atoms with Crippen molar-refractivity contribution < 1.29 is 23.1 Å². The predicted molar refractivity (Wildman–Crippen MR) is 79.8 cm³/mol. The van der Waals surface area contributed by atoms with Crippen molar-refractivity contribution >= 4 is 27.1 Å². The largest absolute Gasteiger partial charge is 0.492 e. The van der Waals surface area contributed by atoms with Crippen LogP contribution in [0.25, 0.3) is 0 Å². The predicted octanol–water partition coefficient (Wildman–Crippen LogP) is 2.56. The first-order valence-corrected chi connectivity index (χ1v) is 9.06. The summed E-state index contributed by atoms with van der Waals surface area (Å²) in [6.45, 7) is 6.18. The normalized spacial score (nSPS) is 12.4. The third kappa shape index (κ3) is 5.13. The topological polar surface area (TPSA) is 80.7 Å². The number of ether oxygens (including phenoxy) is 1. The Morgan fingerprint density at radius 2 is 2.00 bits per heavy atom. The summed E-state index contributed by atoms with van der Waals surface area (Å²) < 4.78 is 27.4. The van der Waals surface area contributed by atoms with Crippen LogP contribution in [0.2, 0.25) is 0 Å². The van der Waals surface area contributed by atoms with Crippen molar-refractivity contribution in [2.24, 2.45) is 0 Å². The maximum Gasteiger partial charge on any atom is 0.349 e. The third-order valence-electron chi connectivity index (χ3n) is 2.55. The Kier molecular flexibility index (Phi) is 5.21. The number of carboxylic acid groups (broad SMARTS) is 1. The second-order valence-corrected chi connectivity index (χ2v) is 9.00. The molecule has 1 rings (SSSR count). The van der Waals surface area contributed by atoms with Crippen molar-refractivity contribution in [1.82, 2.24) is 0 Å². The number of aromatic carboxylic acids is 1. The Labute approximate surface area is 123 Å². The average molecular weight is 320 g/mol. The van der Waals surface area contributed by atoms with E-state index in [0.29, 0.717) is 12.2 Å². The number of sulfone groups is 1. The molecule has 0 spiro atoms. The molecule has 0 radical (unpaired) electrons. The summed E-state index contributed by atoms with van der Waals surface area (Å²) in [6.07, 6.45) is 1.51. The minimum atomic E-state index is -3.02. The Bertz CT molecular complexity index is 578. The lowest BCUT2D eigenvalue weighted by molar-refractivity contribution is 0.0698. The molecule has 0 aliphatic rings. The highest BCUT2D eigenvalue weighted by molar-refractivity contribution is 7.90. The van der Waals surface area contributed by atoms with Crippen molar-refractivity contribution in [2.75, 3.05) is 18.6 Å². The summed E-state index contributed by atoms with van der Waals surface area (Å²) >= 11 is 1.20. The van der Waals surface area contributed by atoms with Crippen molar-refractivity contribution in [3.63, 3.8) is 0 Å². The lowest BCUT2D eigenvalue weighted by Crippen LogP contribution is -2.09. The number of rotatable bonds is 6. The highest BCUT2D eigenvalue weighted by atomic mass is 32.2. The summed E-state index contributed by atoms with van der Waals surface area (Å²) in [4.78, 5) is 12.3. The summed E-state index contributed by atoms with van der Waals surface area (Å²) in [5.41, 5.74) is -0.150. The molecule has 5 nitrogen and oxygen atoms in total. The van der Waals surface area contributed by atoms with Crippen molar-refractivity contribution in [1.29, 1.82) is 0 Å². The van der Waals surface area contributed by atoms with E-state index in [2.05, 4.69) is 0 Å². The molecule has 0 aliphatic carbocycles. The van der Waals surface area contributed by atoms with Crippen LogP contribution in [0, 0.1) is 0 Å². The fraction of sp³-hybridized carbons (Fsp3) is 0.615. The van der Waals surface area contributed by atoms with Gasteiger partial charge >= 0.3 is 5.97 Å². The fourth-order valence-corrected chi connectivity index (χ4v) is 3.14. The molecule has 0 saturated heterocycles. The van der Waals surface area contributed by atoms with Gasteiger partial charge in [-0.3, -0.25) is 0 Å². The number of hydrogen-bond acceptors (Lipinski definition) is 5. The van der Waals surface area contributed by atoms with Crippen LogP contribution in [-0.2, 0) is 15.3 Å². The second kappa shape index (κ2) is 6.13. The van der Waals surface area contributed by atoms with Crippen LogP contribution in [0.1, 0.15) is 41.7 Å². The van der Waals surface area contributed by atoms with E-state index in [9.17, 15) is 13.2 Å². The van der Waals surface area contributed by atoms with Crippen LogP contribution in [0.4, 0.5) is 0 Å². The van der Waals surface area contributed by atoms with E-state index in [1.54, 1.807) is 6.07 Å². The summed E-state index contributed by atoms with van der Waals surface area (Å²) in [7, 11) is -3.02. The molecule has 0 unspecified atom stereocenters. The first-order chi connectivity index (χ1) is 9.00. The van der Waals surface area contributed by atoms with Crippen LogP contribution in [0.5, 0.6) is 5.75 Å². The third-order valence-corrected chi connectivity index (χ3v) is 5.11. The first kappa shape index (κ1) is 17.0. The van der Waals surface area contributed by atoms with Crippen molar-refractivity contribution in [2.45, 2.75) is 32.6 Å². The maximum absolute atomic E-state index is 11.2. The summed E-state index contributed by atoms with van der Waals surface area (Å²) in [6, 6.07) is 1.73. The number of carbonyl (C=O) groups is 1. The minimum absolute atomic E-state index is 0.0334. The van der Waals surface area contributed by atoms with Crippen molar-refractivity contribution in [3.8, 4) is 5.75 Å². The molecule has 0 aliphatic heterocycles. The van der Waals surface area contributed by atoms with Gasteiger partial charge in [0.25, 0.3) is 0 Å². The standard InChI is InChI=1S/C13H20O5S2/c1-13(2,3)10-8-9(11(19-10)12(14)15)18-6-5-7-20(4,16)17/h8H,5-7H2,1-4H3,(H,14,15). The second-order valence-electron chi connectivity index (χ2n) is 5.69. The molecule has 0 bridgehead atoms. The molecule has 0 saturated carbocycles. The van der Waals surface area contributed by atoms with Gasteiger partial charge in [0.1, 0.15) is 15.6 Å². The maximum atomic E-state index is 11.2. The van der Waals surface area contributed by atoms with Gasteiger partial charge in [-0.05, 0) is 17.9 Å².